The number of carbonyl (C=O) groups is 1. The third-order valence-electron chi connectivity index (χ3n) is 3.03. The molecule has 2 aliphatic carbocycles. The Balaban J connectivity index is 2.04. The first-order valence-corrected chi connectivity index (χ1v) is 5.17. The summed E-state index contributed by atoms with van der Waals surface area (Å²) in [5.41, 5.74) is 3.85. The number of benzene rings is 1. The summed E-state index contributed by atoms with van der Waals surface area (Å²) in [6.07, 6.45) is 6.84. The second-order valence-corrected chi connectivity index (χ2v) is 4.21. The number of rotatable bonds is 1. The summed E-state index contributed by atoms with van der Waals surface area (Å²) in [7, 11) is 0. The quantitative estimate of drug-likeness (QED) is 0.655. The van der Waals surface area contributed by atoms with Gasteiger partial charge in [-0.2, -0.15) is 0 Å². The van der Waals surface area contributed by atoms with Crippen molar-refractivity contribution in [1.82, 2.24) is 0 Å². The second-order valence-electron chi connectivity index (χ2n) is 4.21. The zero-order chi connectivity index (χ0) is 9.54. The lowest BCUT2D eigenvalue weighted by Crippen LogP contribution is -2.05. The highest BCUT2D eigenvalue weighted by atomic mass is 16.1. The largest absolute Gasteiger partial charge is 0.294 e. The molecule has 0 unspecified atom stereocenters. The van der Waals surface area contributed by atoms with Crippen molar-refractivity contribution >= 4 is 11.9 Å². The molecule has 0 radical (unpaired) electrons. The van der Waals surface area contributed by atoms with Gasteiger partial charge in [0.1, 0.15) is 0 Å². The molecule has 3 rings (SSSR count). The third kappa shape index (κ3) is 1.29. The highest BCUT2D eigenvalue weighted by Crippen LogP contribution is 2.40. The van der Waals surface area contributed by atoms with Crippen molar-refractivity contribution in [3.63, 3.8) is 0 Å². The monoisotopic (exact) mass is 184 g/mol. The van der Waals surface area contributed by atoms with E-state index in [1.165, 1.54) is 29.5 Å². The normalized spacial score (nSPS) is 19.6. The van der Waals surface area contributed by atoms with Crippen LogP contribution < -0.4 is 0 Å². The molecule has 70 valence electrons. The minimum absolute atomic E-state index is 0.227. The van der Waals surface area contributed by atoms with E-state index in [0.717, 1.165) is 5.92 Å². The van der Waals surface area contributed by atoms with Gasteiger partial charge in [0, 0.05) is 6.42 Å². The van der Waals surface area contributed by atoms with Crippen LogP contribution in [0.25, 0.3) is 6.08 Å². The number of ketones is 1. The van der Waals surface area contributed by atoms with Crippen molar-refractivity contribution in [3.05, 3.63) is 41.0 Å². The Hall–Kier alpha value is -1.37. The highest BCUT2D eigenvalue weighted by molar-refractivity contribution is 5.98. The van der Waals surface area contributed by atoms with Crippen LogP contribution in [0.2, 0.25) is 0 Å². The van der Waals surface area contributed by atoms with Crippen LogP contribution >= 0.6 is 0 Å². The molecule has 1 fully saturated rings. The average molecular weight is 184 g/mol. The number of hydrogen-bond acceptors (Lipinski definition) is 1. The van der Waals surface area contributed by atoms with E-state index in [0.29, 0.717) is 6.42 Å². The van der Waals surface area contributed by atoms with Crippen molar-refractivity contribution in [3.8, 4) is 0 Å². The first-order chi connectivity index (χ1) is 6.83. The summed E-state index contributed by atoms with van der Waals surface area (Å²) < 4.78 is 0. The fraction of sp³-hybridized carbons (Fsp3) is 0.308. The molecule has 1 nitrogen and oxygen atoms in total. The van der Waals surface area contributed by atoms with Crippen LogP contribution in [0.5, 0.6) is 0 Å². The summed E-state index contributed by atoms with van der Waals surface area (Å²) in [5, 5.41) is 0. The van der Waals surface area contributed by atoms with Crippen molar-refractivity contribution in [2.75, 3.05) is 0 Å². The van der Waals surface area contributed by atoms with Crippen molar-refractivity contribution in [2.45, 2.75) is 25.2 Å². The summed E-state index contributed by atoms with van der Waals surface area (Å²) in [6, 6.07) is 6.57. The molecule has 0 saturated heterocycles. The van der Waals surface area contributed by atoms with Crippen LogP contribution in [0.15, 0.2) is 24.3 Å². The van der Waals surface area contributed by atoms with Crippen LogP contribution in [0.4, 0.5) is 0 Å². The molecular formula is C13H12O. The molecule has 0 amide bonds. The lowest BCUT2D eigenvalue weighted by atomic mass is 9.93. The van der Waals surface area contributed by atoms with Crippen LogP contribution in [0.3, 0.4) is 0 Å². The highest BCUT2D eigenvalue weighted by Gasteiger charge is 2.24. The average Bonchev–Trinajstić information content (AvgIpc) is 3.00. The zero-order valence-electron chi connectivity index (χ0n) is 7.99. The molecule has 14 heavy (non-hydrogen) atoms. The van der Waals surface area contributed by atoms with E-state index in [1.54, 1.807) is 6.08 Å². The van der Waals surface area contributed by atoms with E-state index in [-0.39, 0.29) is 5.78 Å². The molecule has 0 aliphatic heterocycles. The van der Waals surface area contributed by atoms with Crippen molar-refractivity contribution in [2.24, 2.45) is 0 Å². The van der Waals surface area contributed by atoms with E-state index in [2.05, 4.69) is 18.2 Å². The van der Waals surface area contributed by atoms with E-state index >= 15 is 0 Å². The Morgan fingerprint density at radius 1 is 1.14 bits per heavy atom. The number of fused-ring (bicyclic) bond motifs is 1. The summed E-state index contributed by atoms with van der Waals surface area (Å²) in [4.78, 5) is 11.2. The van der Waals surface area contributed by atoms with Gasteiger partial charge in [-0.15, -0.1) is 0 Å². The van der Waals surface area contributed by atoms with Gasteiger partial charge in [0.25, 0.3) is 0 Å². The first-order valence-electron chi connectivity index (χ1n) is 5.17. The summed E-state index contributed by atoms with van der Waals surface area (Å²) in [5.74, 6) is 1.01. The van der Waals surface area contributed by atoms with E-state index < -0.39 is 0 Å². The minimum Gasteiger partial charge on any atom is -0.294 e. The van der Waals surface area contributed by atoms with Crippen molar-refractivity contribution in [1.29, 1.82) is 0 Å². The Bertz CT molecular complexity index is 425. The van der Waals surface area contributed by atoms with Gasteiger partial charge < -0.3 is 0 Å². The van der Waals surface area contributed by atoms with Gasteiger partial charge in [0.2, 0.25) is 0 Å². The van der Waals surface area contributed by atoms with E-state index in [1.807, 2.05) is 6.08 Å². The zero-order valence-corrected chi connectivity index (χ0v) is 7.99. The number of carbonyl (C=O) groups excluding carboxylic acids is 1. The smallest absolute Gasteiger partial charge is 0.160 e. The van der Waals surface area contributed by atoms with Gasteiger partial charge in [-0.25, -0.2) is 0 Å². The van der Waals surface area contributed by atoms with Gasteiger partial charge in [-0.05, 0) is 41.5 Å². The second kappa shape index (κ2) is 2.81. The van der Waals surface area contributed by atoms with Gasteiger partial charge in [-0.3, -0.25) is 4.79 Å². The van der Waals surface area contributed by atoms with Gasteiger partial charge in [-0.1, -0.05) is 24.3 Å². The fourth-order valence-electron chi connectivity index (χ4n) is 2.04. The van der Waals surface area contributed by atoms with Crippen LogP contribution in [-0.2, 0) is 11.2 Å². The van der Waals surface area contributed by atoms with Gasteiger partial charge in [0.15, 0.2) is 5.78 Å². The first kappa shape index (κ1) is 7.98. The predicted molar refractivity (Wildman–Crippen MR) is 56.2 cm³/mol. The van der Waals surface area contributed by atoms with Crippen LogP contribution in [0, 0.1) is 0 Å². The Labute approximate surface area is 83.4 Å². The molecule has 0 bridgehead atoms. The Morgan fingerprint density at radius 3 is 2.79 bits per heavy atom. The molecular weight excluding hydrogens is 172 g/mol. The van der Waals surface area contributed by atoms with Gasteiger partial charge in [0.05, 0.1) is 0 Å². The standard InChI is InChI=1S/C13H12O/c14-13-6-5-10-3-4-11(9-1-2-9)7-12(10)8-13/h3-7,9H,1-2,8H2. The van der Waals surface area contributed by atoms with Crippen molar-refractivity contribution < 1.29 is 4.79 Å². The van der Waals surface area contributed by atoms with E-state index in [9.17, 15) is 4.79 Å². The number of allylic oxidation sites excluding steroid dienone is 1. The molecule has 0 N–H and O–H groups in total. The molecule has 0 atom stereocenters. The molecule has 0 heterocycles. The number of hydrogen-bond donors (Lipinski definition) is 0. The lowest BCUT2D eigenvalue weighted by Gasteiger charge is -2.10. The lowest BCUT2D eigenvalue weighted by molar-refractivity contribution is -0.114. The van der Waals surface area contributed by atoms with Gasteiger partial charge >= 0.3 is 0 Å². The maximum atomic E-state index is 11.2. The van der Waals surface area contributed by atoms with Crippen LogP contribution in [0.1, 0.15) is 35.4 Å². The minimum atomic E-state index is 0.227. The molecule has 2 aliphatic rings. The Morgan fingerprint density at radius 2 is 2.00 bits per heavy atom. The molecule has 1 aromatic rings. The molecule has 1 aromatic carbocycles. The van der Waals surface area contributed by atoms with Crippen LogP contribution in [-0.4, -0.2) is 5.78 Å². The molecule has 1 saturated carbocycles. The third-order valence-corrected chi connectivity index (χ3v) is 3.03. The SMILES string of the molecule is O=C1C=Cc2ccc(C3CC3)cc2C1. The fourth-order valence-corrected chi connectivity index (χ4v) is 2.04. The molecule has 0 aromatic heterocycles. The summed E-state index contributed by atoms with van der Waals surface area (Å²) >= 11 is 0. The maximum Gasteiger partial charge on any atom is 0.160 e. The maximum absolute atomic E-state index is 11.2. The molecule has 1 heteroatoms. The summed E-state index contributed by atoms with van der Waals surface area (Å²) in [6.45, 7) is 0. The van der Waals surface area contributed by atoms with E-state index in [4.69, 9.17) is 0 Å². The topological polar surface area (TPSA) is 17.1 Å². The predicted octanol–water partition coefficient (Wildman–Crippen LogP) is 2.70. The molecule has 0 spiro atoms. The Kier molecular flexibility index (Phi) is 1.60.